The lowest BCUT2D eigenvalue weighted by molar-refractivity contribution is 0.101. The first-order valence-corrected chi connectivity index (χ1v) is 7.46. The van der Waals surface area contributed by atoms with Crippen LogP contribution in [0.4, 0.5) is 5.69 Å². The van der Waals surface area contributed by atoms with Gasteiger partial charge in [0.15, 0.2) is 0 Å². The topological polar surface area (TPSA) is 18.5 Å². The molecule has 3 nitrogen and oxygen atoms in total. The van der Waals surface area contributed by atoms with Crippen LogP contribution in [0.3, 0.4) is 0 Å². The van der Waals surface area contributed by atoms with Crippen molar-refractivity contribution in [1.29, 1.82) is 0 Å². The monoisotopic (exact) mass is 259 g/mol. The van der Waals surface area contributed by atoms with Gasteiger partial charge in [0.2, 0.25) is 0 Å². The lowest BCUT2D eigenvalue weighted by Gasteiger charge is -2.42. The van der Waals surface area contributed by atoms with Crippen LogP contribution >= 0.6 is 0 Å². The van der Waals surface area contributed by atoms with Gasteiger partial charge in [-0.1, -0.05) is 18.2 Å². The minimum Gasteiger partial charge on any atom is -0.383 e. The summed E-state index contributed by atoms with van der Waals surface area (Å²) in [7, 11) is 4.55. The smallest absolute Gasteiger partial charge is 0.0373 e. The number of anilines is 1. The normalized spacial score (nSPS) is 27.9. The van der Waals surface area contributed by atoms with Gasteiger partial charge in [0.25, 0.3) is 0 Å². The lowest BCUT2D eigenvalue weighted by Crippen LogP contribution is -2.52. The fourth-order valence-corrected chi connectivity index (χ4v) is 3.48. The molecule has 1 fully saturated rings. The Balaban J connectivity index is 1.67. The maximum absolute atomic E-state index is 3.59. The van der Waals surface area contributed by atoms with Gasteiger partial charge in [-0.3, -0.25) is 4.90 Å². The fraction of sp³-hybridized carbons (Fsp3) is 0.625. The standard InChI is InChI=1S/C16H25N3/c1-18-9-5-7-14(12-18)19(2)15-10-13-6-3-4-8-16(13)17-11-15/h3-4,6,8,14-15,17H,5,7,9-12H2,1-2H3. The van der Waals surface area contributed by atoms with Crippen molar-refractivity contribution in [3.8, 4) is 0 Å². The van der Waals surface area contributed by atoms with Crippen molar-refractivity contribution < 1.29 is 0 Å². The fourth-order valence-electron chi connectivity index (χ4n) is 3.48. The predicted octanol–water partition coefficient (Wildman–Crippen LogP) is 2.05. The minimum absolute atomic E-state index is 0.631. The third-order valence-electron chi connectivity index (χ3n) is 4.75. The van der Waals surface area contributed by atoms with E-state index >= 15 is 0 Å². The van der Waals surface area contributed by atoms with Crippen LogP contribution in [0, 0.1) is 0 Å². The Morgan fingerprint density at radius 1 is 1.26 bits per heavy atom. The molecule has 0 saturated carbocycles. The van der Waals surface area contributed by atoms with Crippen LogP contribution in [0.15, 0.2) is 24.3 Å². The minimum atomic E-state index is 0.631. The van der Waals surface area contributed by atoms with Crippen molar-refractivity contribution in [2.75, 3.05) is 39.0 Å². The van der Waals surface area contributed by atoms with E-state index in [1.807, 2.05) is 0 Å². The number of likely N-dealkylation sites (tertiary alicyclic amines) is 1. The van der Waals surface area contributed by atoms with Gasteiger partial charge in [-0.2, -0.15) is 0 Å². The van der Waals surface area contributed by atoms with Gasteiger partial charge in [-0.25, -0.2) is 0 Å². The number of likely N-dealkylation sites (N-methyl/N-ethyl adjacent to an activating group) is 2. The molecule has 1 aromatic carbocycles. The second kappa shape index (κ2) is 5.51. The number of hydrogen-bond acceptors (Lipinski definition) is 3. The third kappa shape index (κ3) is 2.77. The summed E-state index contributed by atoms with van der Waals surface area (Å²) < 4.78 is 0. The van der Waals surface area contributed by atoms with Crippen molar-refractivity contribution >= 4 is 5.69 Å². The largest absolute Gasteiger partial charge is 0.383 e. The SMILES string of the molecule is CN1CCCC(N(C)C2CNc3ccccc3C2)C1. The molecule has 19 heavy (non-hydrogen) atoms. The van der Waals surface area contributed by atoms with Crippen LogP contribution in [0.1, 0.15) is 18.4 Å². The Bertz CT molecular complexity index is 432. The Labute approximate surface area is 116 Å². The van der Waals surface area contributed by atoms with Crippen molar-refractivity contribution in [3.05, 3.63) is 29.8 Å². The molecular formula is C16H25N3. The molecule has 0 spiro atoms. The van der Waals surface area contributed by atoms with Gasteiger partial charge in [0, 0.05) is 30.9 Å². The Hall–Kier alpha value is -1.06. The van der Waals surface area contributed by atoms with E-state index in [0.717, 1.165) is 12.6 Å². The number of nitrogens with zero attached hydrogens (tertiary/aromatic N) is 2. The van der Waals surface area contributed by atoms with E-state index < -0.39 is 0 Å². The molecular weight excluding hydrogens is 234 g/mol. The molecule has 3 heteroatoms. The summed E-state index contributed by atoms with van der Waals surface area (Å²) in [5.74, 6) is 0. The summed E-state index contributed by atoms with van der Waals surface area (Å²) in [6.07, 6.45) is 3.86. The highest BCUT2D eigenvalue weighted by molar-refractivity contribution is 5.53. The average Bonchev–Trinajstić information content (AvgIpc) is 2.46. The Morgan fingerprint density at radius 3 is 2.95 bits per heavy atom. The molecule has 2 unspecified atom stereocenters. The zero-order valence-electron chi connectivity index (χ0n) is 12.1. The van der Waals surface area contributed by atoms with Gasteiger partial charge < -0.3 is 10.2 Å². The molecule has 104 valence electrons. The summed E-state index contributed by atoms with van der Waals surface area (Å²) in [6.45, 7) is 3.55. The predicted molar refractivity (Wildman–Crippen MR) is 80.7 cm³/mol. The summed E-state index contributed by atoms with van der Waals surface area (Å²) in [4.78, 5) is 5.08. The van der Waals surface area contributed by atoms with E-state index in [1.165, 1.54) is 43.6 Å². The van der Waals surface area contributed by atoms with E-state index in [1.54, 1.807) is 0 Å². The molecule has 2 heterocycles. The number of fused-ring (bicyclic) bond motifs is 1. The zero-order chi connectivity index (χ0) is 13.2. The number of benzene rings is 1. The van der Waals surface area contributed by atoms with E-state index in [2.05, 4.69) is 53.5 Å². The maximum atomic E-state index is 3.59. The summed E-state index contributed by atoms with van der Waals surface area (Å²) in [5.41, 5.74) is 2.79. The highest BCUT2D eigenvalue weighted by Gasteiger charge is 2.28. The van der Waals surface area contributed by atoms with Crippen LogP contribution in [-0.4, -0.2) is 55.6 Å². The second-order valence-corrected chi connectivity index (χ2v) is 6.12. The van der Waals surface area contributed by atoms with Gasteiger partial charge in [0.1, 0.15) is 0 Å². The Kier molecular flexibility index (Phi) is 3.76. The molecule has 2 aliphatic rings. The van der Waals surface area contributed by atoms with Crippen molar-refractivity contribution in [3.63, 3.8) is 0 Å². The quantitative estimate of drug-likeness (QED) is 0.877. The molecule has 2 aliphatic heterocycles. The molecule has 0 amide bonds. The van der Waals surface area contributed by atoms with Crippen LogP contribution in [0.25, 0.3) is 0 Å². The molecule has 1 saturated heterocycles. The van der Waals surface area contributed by atoms with Gasteiger partial charge in [-0.05, 0) is 51.5 Å². The van der Waals surface area contributed by atoms with Crippen LogP contribution < -0.4 is 5.32 Å². The summed E-state index contributed by atoms with van der Waals surface area (Å²) in [5, 5.41) is 3.59. The van der Waals surface area contributed by atoms with Gasteiger partial charge in [0.05, 0.1) is 0 Å². The van der Waals surface area contributed by atoms with Crippen LogP contribution in [0.5, 0.6) is 0 Å². The van der Waals surface area contributed by atoms with E-state index in [9.17, 15) is 0 Å². The summed E-state index contributed by atoms with van der Waals surface area (Å²) in [6, 6.07) is 10.1. The number of nitrogens with one attached hydrogen (secondary N) is 1. The van der Waals surface area contributed by atoms with Gasteiger partial charge in [-0.15, -0.1) is 0 Å². The first kappa shape index (κ1) is 12.9. The van der Waals surface area contributed by atoms with E-state index in [-0.39, 0.29) is 0 Å². The molecule has 3 rings (SSSR count). The van der Waals surface area contributed by atoms with E-state index in [4.69, 9.17) is 0 Å². The highest BCUT2D eigenvalue weighted by Crippen LogP contribution is 2.25. The molecule has 2 atom stereocenters. The maximum Gasteiger partial charge on any atom is 0.0373 e. The number of hydrogen-bond donors (Lipinski definition) is 1. The number of piperidine rings is 1. The van der Waals surface area contributed by atoms with E-state index in [0.29, 0.717) is 6.04 Å². The Morgan fingerprint density at radius 2 is 2.11 bits per heavy atom. The van der Waals surface area contributed by atoms with Crippen molar-refractivity contribution in [2.45, 2.75) is 31.3 Å². The molecule has 0 aromatic heterocycles. The lowest BCUT2D eigenvalue weighted by atomic mass is 9.96. The zero-order valence-corrected chi connectivity index (χ0v) is 12.1. The summed E-state index contributed by atoms with van der Waals surface area (Å²) >= 11 is 0. The molecule has 0 aliphatic carbocycles. The first-order chi connectivity index (χ1) is 9.24. The van der Waals surface area contributed by atoms with Crippen LogP contribution in [-0.2, 0) is 6.42 Å². The highest BCUT2D eigenvalue weighted by atomic mass is 15.2. The van der Waals surface area contributed by atoms with Crippen molar-refractivity contribution in [2.24, 2.45) is 0 Å². The van der Waals surface area contributed by atoms with Crippen molar-refractivity contribution in [1.82, 2.24) is 9.80 Å². The van der Waals surface area contributed by atoms with Crippen LogP contribution in [0.2, 0.25) is 0 Å². The number of rotatable bonds is 2. The molecule has 0 bridgehead atoms. The number of para-hydroxylation sites is 1. The average molecular weight is 259 g/mol. The molecule has 0 radical (unpaired) electrons. The molecule has 1 aromatic rings. The molecule has 1 N–H and O–H groups in total. The van der Waals surface area contributed by atoms with Gasteiger partial charge >= 0.3 is 0 Å². The second-order valence-electron chi connectivity index (χ2n) is 6.12. The first-order valence-electron chi connectivity index (χ1n) is 7.46. The third-order valence-corrected chi connectivity index (χ3v) is 4.75.